The van der Waals surface area contributed by atoms with Crippen molar-refractivity contribution in [1.82, 2.24) is 0 Å². The van der Waals surface area contributed by atoms with Crippen LogP contribution in [0, 0.1) is 0 Å². The van der Waals surface area contributed by atoms with E-state index in [0.717, 1.165) is 41.7 Å². The van der Waals surface area contributed by atoms with Crippen LogP contribution in [0.2, 0.25) is 5.02 Å². The van der Waals surface area contributed by atoms with Crippen LogP contribution < -0.4 is 16.0 Å². The molecule has 0 atom stereocenters. The molecule has 20 heavy (non-hydrogen) atoms. The van der Waals surface area contributed by atoms with Crippen molar-refractivity contribution in [3.63, 3.8) is 0 Å². The molecule has 0 bridgehead atoms. The Morgan fingerprint density at radius 1 is 0.800 bits per heavy atom. The van der Waals surface area contributed by atoms with Crippen LogP contribution in [0.15, 0.2) is 48.5 Å². The highest BCUT2D eigenvalue weighted by Crippen LogP contribution is 2.20. The smallest absolute Gasteiger partial charge is 0.0576 e. The molecule has 0 saturated carbocycles. The average Bonchev–Trinajstić information content (AvgIpc) is 2.47. The number of para-hydroxylation sites is 2. The third kappa shape index (κ3) is 4.35. The standard InChI is InChI=1S/C16H20ClN3/c1-2-18-15-5-3-4-6-16(15)20-12-11-19-14-9-7-13(17)8-10-14/h3-10,18-20H,2,11-12H2,1H3. The molecule has 2 aromatic carbocycles. The molecule has 0 amide bonds. The van der Waals surface area contributed by atoms with Crippen molar-refractivity contribution in [3.8, 4) is 0 Å². The molecule has 2 rings (SSSR count). The van der Waals surface area contributed by atoms with E-state index < -0.39 is 0 Å². The molecular formula is C16H20ClN3. The number of nitrogens with one attached hydrogen (secondary N) is 3. The molecule has 0 spiro atoms. The zero-order chi connectivity index (χ0) is 14.2. The lowest BCUT2D eigenvalue weighted by atomic mass is 10.2. The zero-order valence-corrected chi connectivity index (χ0v) is 12.4. The van der Waals surface area contributed by atoms with Gasteiger partial charge in [0.1, 0.15) is 0 Å². The van der Waals surface area contributed by atoms with Crippen LogP contribution in [0.3, 0.4) is 0 Å². The van der Waals surface area contributed by atoms with Crippen molar-refractivity contribution in [1.29, 1.82) is 0 Å². The second-order valence-corrected chi connectivity index (χ2v) is 4.87. The molecule has 106 valence electrons. The van der Waals surface area contributed by atoms with Crippen molar-refractivity contribution in [2.45, 2.75) is 6.92 Å². The Morgan fingerprint density at radius 2 is 1.40 bits per heavy atom. The van der Waals surface area contributed by atoms with E-state index in [2.05, 4.69) is 35.0 Å². The maximum atomic E-state index is 5.85. The van der Waals surface area contributed by atoms with E-state index in [1.807, 2.05) is 36.4 Å². The quantitative estimate of drug-likeness (QED) is 0.665. The Labute approximate surface area is 125 Å². The third-order valence-electron chi connectivity index (χ3n) is 2.91. The van der Waals surface area contributed by atoms with Crippen LogP contribution in [0.5, 0.6) is 0 Å². The Bertz CT molecular complexity index is 526. The van der Waals surface area contributed by atoms with E-state index >= 15 is 0 Å². The number of hydrogen-bond acceptors (Lipinski definition) is 3. The maximum absolute atomic E-state index is 5.85. The fourth-order valence-electron chi connectivity index (χ4n) is 1.95. The predicted molar refractivity (Wildman–Crippen MR) is 89.0 cm³/mol. The number of benzene rings is 2. The van der Waals surface area contributed by atoms with Gasteiger partial charge >= 0.3 is 0 Å². The van der Waals surface area contributed by atoms with Gasteiger partial charge in [0.2, 0.25) is 0 Å². The summed E-state index contributed by atoms with van der Waals surface area (Å²) in [5.41, 5.74) is 3.35. The van der Waals surface area contributed by atoms with Crippen molar-refractivity contribution in [2.24, 2.45) is 0 Å². The Balaban J connectivity index is 1.79. The summed E-state index contributed by atoms with van der Waals surface area (Å²) in [6, 6.07) is 16.0. The molecule has 0 aliphatic carbocycles. The molecule has 0 aromatic heterocycles. The summed E-state index contributed by atoms with van der Waals surface area (Å²) < 4.78 is 0. The summed E-state index contributed by atoms with van der Waals surface area (Å²) in [7, 11) is 0. The Morgan fingerprint density at radius 3 is 2.05 bits per heavy atom. The molecule has 0 saturated heterocycles. The minimum absolute atomic E-state index is 0.758. The van der Waals surface area contributed by atoms with Crippen LogP contribution in [0.1, 0.15) is 6.92 Å². The van der Waals surface area contributed by atoms with Crippen molar-refractivity contribution in [2.75, 3.05) is 35.6 Å². The molecule has 3 nitrogen and oxygen atoms in total. The summed E-state index contributed by atoms with van der Waals surface area (Å²) in [4.78, 5) is 0. The van der Waals surface area contributed by atoms with Gasteiger partial charge in [-0.1, -0.05) is 23.7 Å². The van der Waals surface area contributed by atoms with E-state index in [-0.39, 0.29) is 0 Å². The molecule has 0 radical (unpaired) electrons. The molecule has 0 fully saturated rings. The monoisotopic (exact) mass is 289 g/mol. The van der Waals surface area contributed by atoms with Gasteiger partial charge in [0.15, 0.2) is 0 Å². The number of rotatable bonds is 7. The highest BCUT2D eigenvalue weighted by Gasteiger charge is 1.99. The van der Waals surface area contributed by atoms with E-state index in [1.54, 1.807) is 0 Å². The molecule has 0 aliphatic heterocycles. The molecule has 4 heteroatoms. The second kappa shape index (κ2) is 7.65. The summed E-state index contributed by atoms with van der Waals surface area (Å²) in [5.74, 6) is 0. The van der Waals surface area contributed by atoms with E-state index in [0.29, 0.717) is 0 Å². The highest BCUT2D eigenvalue weighted by atomic mass is 35.5. The number of anilines is 3. The van der Waals surface area contributed by atoms with Gasteiger partial charge < -0.3 is 16.0 Å². The van der Waals surface area contributed by atoms with Crippen LogP contribution in [-0.4, -0.2) is 19.6 Å². The average molecular weight is 290 g/mol. The number of hydrogen-bond donors (Lipinski definition) is 3. The van der Waals surface area contributed by atoms with Gasteiger partial charge in [0, 0.05) is 30.3 Å². The van der Waals surface area contributed by atoms with Gasteiger partial charge in [0.05, 0.1) is 11.4 Å². The SMILES string of the molecule is CCNc1ccccc1NCCNc1ccc(Cl)cc1. The lowest BCUT2D eigenvalue weighted by Crippen LogP contribution is -2.14. The van der Waals surface area contributed by atoms with Crippen molar-refractivity contribution in [3.05, 3.63) is 53.6 Å². The lowest BCUT2D eigenvalue weighted by Gasteiger charge is -2.13. The molecule has 3 N–H and O–H groups in total. The van der Waals surface area contributed by atoms with Crippen LogP contribution in [0.25, 0.3) is 0 Å². The van der Waals surface area contributed by atoms with Gasteiger partial charge in [-0.15, -0.1) is 0 Å². The van der Waals surface area contributed by atoms with Gasteiger partial charge in [-0.25, -0.2) is 0 Å². The number of halogens is 1. The predicted octanol–water partition coefficient (Wildman–Crippen LogP) is 4.30. The Hall–Kier alpha value is -1.87. The molecule has 0 aliphatic rings. The molecular weight excluding hydrogens is 270 g/mol. The second-order valence-electron chi connectivity index (χ2n) is 4.44. The zero-order valence-electron chi connectivity index (χ0n) is 11.6. The minimum Gasteiger partial charge on any atom is -0.384 e. The molecule has 0 heterocycles. The van der Waals surface area contributed by atoms with E-state index in [4.69, 9.17) is 11.6 Å². The summed E-state index contributed by atoms with van der Waals surface area (Å²) >= 11 is 5.85. The van der Waals surface area contributed by atoms with Gasteiger partial charge in [-0.05, 0) is 43.3 Å². The highest BCUT2D eigenvalue weighted by molar-refractivity contribution is 6.30. The van der Waals surface area contributed by atoms with Gasteiger partial charge in [-0.2, -0.15) is 0 Å². The van der Waals surface area contributed by atoms with Gasteiger partial charge in [0.25, 0.3) is 0 Å². The molecule has 2 aromatic rings. The lowest BCUT2D eigenvalue weighted by molar-refractivity contribution is 1.08. The normalized spacial score (nSPS) is 10.1. The first kappa shape index (κ1) is 14.5. The molecule has 0 unspecified atom stereocenters. The third-order valence-corrected chi connectivity index (χ3v) is 3.16. The summed E-state index contributed by atoms with van der Waals surface area (Å²) in [6.07, 6.45) is 0. The van der Waals surface area contributed by atoms with Crippen LogP contribution in [-0.2, 0) is 0 Å². The first-order valence-electron chi connectivity index (χ1n) is 6.86. The van der Waals surface area contributed by atoms with Crippen molar-refractivity contribution < 1.29 is 0 Å². The maximum Gasteiger partial charge on any atom is 0.0576 e. The first-order chi connectivity index (χ1) is 9.79. The topological polar surface area (TPSA) is 36.1 Å². The van der Waals surface area contributed by atoms with E-state index in [9.17, 15) is 0 Å². The fourth-order valence-corrected chi connectivity index (χ4v) is 2.08. The first-order valence-corrected chi connectivity index (χ1v) is 7.23. The van der Waals surface area contributed by atoms with Crippen LogP contribution >= 0.6 is 11.6 Å². The summed E-state index contributed by atoms with van der Waals surface area (Å²) in [6.45, 7) is 4.72. The van der Waals surface area contributed by atoms with Crippen molar-refractivity contribution >= 4 is 28.7 Å². The minimum atomic E-state index is 0.758. The van der Waals surface area contributed by atoms with Gasteiger partial charge in [-0.3, -0.25) is 0 Å². The largest absolute Gasteiger partial charge is 0.384 e. The summed E-state index contributed by atoms with van der Waals surface area (Å²) in [5, 5.41) is 10.9. The van der Waals surface area contributed by atoms with Crippen LogP contribution in [0.4, 0.5) is 17.1 Å². The Kier molecular flexibility index (Phi) is 5.56. The van der Waals surface area contributed by atoms with E-state index in [1.165, 1.54) is 0 Å². The fraction of sp³-hybridized carbons (Fsp3) is 0.250.